The van der Waals surface area contributed by atoms with Gasteiger partial charge in [0.05, 0.1) is 12.3 Å². The zero-order valence-corrected chi connectivity index (χ0v) is 13.2. The van der Waals surface area contributed by atoms with Crippen LogP contribution in [-0.4, -0.2) is 23.2 Å². The number of benzene rings is 1. The van der Waals surface area contributed by atoms with Crippen molar-refractivity contribution in [2.24, 2.45) is 0 Å². The second kappa shape index (κ2) is 5.95. The molecule has 0 spiro atoms. The summed E-state index contributed by atoms with van der Waals surface area (Å²) in [6.07, 6.45) is 5.21. The van der Waals surface area contributed by atoms with Gasteiger partial charge in [-0.1, -0.05) is 18.2 Å². The molecule has 0 aliphatic heterocycles. The summed E-state index contributed by atoms with van der Waals surface area (Å²) in [5.74, 6) is 0. The predicted molar refractivity (Wildman–Crippen MR) is 90.7 cm³/mol. The van der Waals surface area contributed by atoms with Crippen LogP contribution in [0.5, 0.6) is 0 Å². The minimum Gasteiger partial charge on any atom is -0.395 e. The molecule has 23 heavy (non-hydrogen) atoms. The first kappa shape index (κ1) is 14.7. The summed E-state index contributed by atoms with van der Waals surface area (Å²) < 4.78 is 0. The standard InChI is InChI=1S/C19H22N2O2/c22-8-7-20-11-12-5-6-14-13(9-12)10-17-15-3-1-2-4-16(15)19(23)21-18(14)17/h5-6,9,20,22H,1-4,7-8,10-11H2,(H,21,23). The molecule has 4 nitrogen and oxygen atoms in total. The van der Waals surface area contributed by atoms with Gasteiger partial charge in [0.25, 0.3) is 5.56 Å². The van der Waals surface area contributed by atoms with Crippen molar-refractivity contribution in [3.8, 4) is 11.3 Å². The van der Waals surface area contributed by atoms with Crippen LogP contribution >= 0.6 is 0 Å². The van der Waals surface area contributed by atoms with Crippen molar-refractivity contribution in [2.45, 2.75) is 38.6 Å². The molecule has 0 atom stereocenters. The smallest absolute Gasteiger partial charge is 0.251 e. The van der Waals surface area contributed by atoms with Gasteiger partial charge in [-0.05, 0) is 47.9 Å². The molecule has 0 saturated carbocycles. The fraction of sp³-hybridized carbons (Fsp3) is 0.421. The molecule has 0 saturated heterocycles. The fourth-order valence-electron chi connectivity index (χ4n) is 3.98. The Balaban J connectivity index is 1.71. The van der Waals surface area contributed by atoms with Crippen LogP contribution in [0.15, 0.2) is 23.0 Å². The Morgan fingerprint density at radius 3 is 2.78 bits per heavy atom. The van der Waals surface area contributed by atoms with Gasteiger partial charge in [0.2, 0.25) is 0 Å². The molecule has 1 aromatic heterocycles. The average molecular weight is 310 g/mol. The van der Waals surface area contributed by atoms with Crippen LogP contribution in [-0.2, 0) is 25.8 Å². The maximum absolute atomic E-state index is 12.4. The third-order valence-electron chi connectivity index (χ3n) is 5.07. The number of aromatic amines is 1. The zero-order valence-electron chi connectivity index (χ0n) is 13.2. The quantitative estimate of drug-likeness (QED) is 0.645. The number of aliphatic hydroxyl groups excluding tert-OH is 1. The molecule has 4 rings (SSSR count). The van der Waals surface area contributed by atoms with Gasteiger partial charge in [0.15, 0.2) is 0 Å². The summed E-state index contributed by atoms with van der Waals surface area (Å²) in [4.78, 5) is 15.5. The molecule has 3 N–H and O–H groups in total. The summed E-state index contributed by atoms with van der Waals surface area (Å²) in [6.45, 7) is 1.53. The van der Waals surface area contributed by atoms with Crippen molar-refractivity contribution in [1.29, 1.82) is 0 Å². The van der Waals surface area contributed by atoms with E-state index < -0.39 is 0 Å². The van der Waals surface area contributed by atoms with Gasteiger partial charge in [-0.3, -0.25) is 4.79 Å². The Morgan fingerprint density at radius 1 is 1.13 bits per heavy atom. The highest BCUT2D eigenvalue weighted by atomic mass is 16.3. The number of hydrogen-bond acceptors (Lipinski definition) is 3. The van der Waals surface area contributed by atoms with Crippen molar-refractivity contribution >= 4 is 0 Å². The molecular formula is C19H22N2O2. The molecule has 0 radical (unpaired) electrons. The van der Waals surface area contributed by atoms with Crippen molar-refractivity contribution in [2.75, 3.05) is 13.2 Å². The maximum Gasteiger partial charge on any atom is 0.251 e. The van der Waals surface area contributed by atoms with E-state index in [9.17, 15) is 4.79 Å². The summed E-state index contributed by atoms with van der Waals surface area (Å²) in [7, 11) is 0. The SMILES string of the molecule is O=c1[nH]c2c(c3c1CCCC3)Cc1cc(CNCCO)ccc1-2. The van der Waals surface area contributed by atoms with Crippen molar-refractivity contribution < 1.29 is 5.11 Å². The lowest BCUT2D eigenvalue weighted by molar-refractivity contribution is 0.292. The van der Waals surface area contributed by atoms with E-state index in [0.29, 0.717) is 6.54 Å². The lowest BCUT2D eigenvalue weighted by Crippen LogP contribution is -2.21. The van der Waals surface area contributed by atoms with Gasteiger partial charge in [-0.2, -0.15) is 0 Å². The lowest BCUT2D eigenvalue weighted by Gasteiger charge is -2.18. The average Bonchev–Trinajstić information content (AvgIpc) is 2.93. The van der Waals surface area contributed by atoms with Crippen LogP contribution in [0.2, 0.25) is 0 Å². The van der Waals surface area contributed by atoms with Crippen LogP contribution in [0, 0.1) is 0 Å². The molecule has 0 unspecified atom stereocenters. The molecular weight excluding hydrogens is 288 g/mol. The monoisotopic (exact) mass is 310 g/mol. The van der Waals surface area contributed by atoms with Crippen LogP contribution in [0.4, 0.5) is 0 Å². The molecule has 120 valence electrons. The van der Waals surface area contributed by atoms with E-state index in [4.69, 9.17) is 5.11 Å². The predicted octanol–water partition coefficient (Wildman–Crippen LogP) is 1.91. The van der Waals surface area contributed by atoms with E-state index in [1.54, 1.807) is 0 Å². The summed E-state index contributed by atoms with van der Waals surface area (Å²) >= 11 is 0. The minimum absolute atomic E-state index is 0.111. The van der Waals surface area contributed by atoms with Crippen molar-refractivity contribution in [1.82, 2.24) is 10.3 Å². The van der Waals surface area contributed by atoms with Gasteiger partial charge in [0.1, 0.15) is 0 Å². The Kier molecular flexibility index (Phi) is 3.79. The largest absolute Gasteiger partial charge is 0.395 e. The molecule has 1 aromatic carbocycles. The summed E-state index contributed by atoms with van der Waals surface area (Å²) in [5, 5.41) is 12.1. The topological polar surface area (TPSA) is 65.1 Å². The molecule has 0 fully saturated rings. The van der Waals surface area contributed by atoms with Gasteiger partial charge >= 0.3 is 0 Å². The Hall–Kier alpha value is -1.91. The van der Waals surface area contributed by atoms with E-state index >= 15 is 0 Å². The van der Waals surface area contributed by atoms with Crippen LogP contribution in [0.3, 0.4) is 0 Å². The Labute approximate surface area is 135 Å². The fourth-order valence-corrected chi connectivity index (χ4v) is 3.98. The van der Waals surface area contributed by atoms with E-state index in [2.05, 4.69) is 28.5 Å². The number of pyridine rings is 1. The number of rotatable bonds is 4. The highest BCUT2D eigenvalue weighted by Crippen LogP contribution is 2.39. The first-order valence-electron chi connectivity index (χ1n) is 8.48. The summed E-state index contributed by atoms with van der Waals surface area (Å²) in [5.41, 5.74) is 8.53. The number of nitrogens with one attached hydrogen (secondary N) is 2. The molecule has 0 amide bonds. The van der Waals surface area contributed by atoms with Gasteiger partial charge in [-0.25, -0.2) is 0 Å². The molecule has 4 heteroatoms. The van der Waals surface area contributed by atoms with Crippen LogP contribution < -0.4 is 10.9 Å². The Morgan fingerprint density at radius 2 is 1.96 bits per heavy atom. The second-order valence-corrected chi connectivity index (χ2v) is 6.54. The number of aromatic nitrogens is 1. The molecule has 2 aliphatic rings. The van der Waals surface area contributed by atoms with Crippen LogP contribution in [0.1, 0.15) is 40.7 Å². The Bertz CT molecular complexity index is 808. The van der Waals surface area contributed by atoms with Crippen molar-refractivity contribution in [3.05, 3.63) is 56.4 Å². The van der Waals surface area contributed by atoms with Crippen molar-refractivity contribution in [3.63, 3.8) is 0 Å². The molecule has 2 aromatic rings. The first-order valence-corrected chi connectivity index (χ1v) is 8.48. The van der Waals surface area contributed by atoms with Gasteiger partial charge < -0.3 is 15.4 Å². The zero-order chi connectivity index (χ0) is 15.8. The lowest BCUT2D eigenvalue weighted by atomic mass is 9.88. The summed E-state index contributed by atoms with van der Waals surface area (Å²) in [6, 6.07) is 6.46. The number of fused-ring (bicyclic) bond motifs is 5. The number of aliphatic hydroxyl groups is 1. The maximum atomic E-state index is 12.4. The molecule has 0 bridgehead atoms. The van der Waals surface area contributed by atoms with Gasteiger partial charge in [-0.15, -0.1) is 0 Å². The number of H-pyrrole nitrogens is 1. The highest BCUT2D eigenvalue weighted by Gasteiger charge is 2.26. The van der Waals surface area contributed by atoms with E-state index in [0.717, 1.165) is 43.5 Å². The van der Waals surface area contributed by atoms with E-state index in [-0.39, 0.29) is 12.2 Å². The van der Waals surface area contributed by atoms with E-state index in [1.807, 2.05) is 0 Å². The van der Waals surface area contributed by atoms with Gasteiger partial charge in [0, 0.05) is 30.6 Å². The van der Waals surface area contributed by atoms with Crippen LogP contribution in [0.25, 0.3) is 11.3 Å². The third-order valence-corrected chi connectivity index (χ3v) is 5.07. The third kappa shape index (κ3) is 2.52. The first-order chi connectivity index (χ1) is 11.3. The second-order valence-electron chi connectivity index (χ2n) is 6.54. The highest BCUT2D eigenvalue weighted by molar-refractivity contribution is 5.75. The van der Waals surface area contributed by atoms with E-state index in [1.165, 1.54) is 34.2 Å². The minimum atomic E-state index is 0.111. The normalized spacial score (nSPS) is 15.2. The molecule has 1 heterocycles. The number of hydrogen-bond donors (Lipinski definition) is 3. The molecule has 2 aliphatic carbocycles.